The van der Waals surface area contributed by atoms with Crippen molar-refractivity contribution in [2.45, 2.75) is 12.7 Å². The lowest BCUT2D eigenvalue weighted by molar-refractivity contribution is -0.144. The van der Waals surface area contributed by atoms with Gasteiger partial charge in [0.15, 0.2) is 6.10 Å². The van der Waals surface area contributed by atoms with Crippen molar-refractivity contribution in [2.24, 2.45) is 0 Å². The normalized spacial score (nSPS) is 12.2. The van der Waals surface area contributed by atoms with Gasteiger partial charge in [0, 0.05) is 14.1 Å². The van der Waals surface area contributed by atoms with Crippen LogP contribution in [0.25, 0.3) is 0 Å². The molecule has 0 fully saturated rings. The zero-order valence-electron chi connectivity index (χ0n) is 9.59. The predicted molar refractivity (Wildman–Crippen MR) is 60.8 cm³/mol. The summed E-state index contributed by atoms with van der Waals surface area (Å²) in [5.41, 5.74) is 0.979. The molecule has 1 atom stereocenters. The van der Waals surface area contributed by atoms with E-state index in [4.69, 9.17) is 9.84 Å². The molecule has 1 unspecified atom stereocenters. The first-order chi connectivity index (χ1) is 7.65. The van der Waals surface area contributed by atoms with E-state index in [2.05, 4.69) is 0 Å². The van der Waals surface area contributed by atoms with E-state index in [-0.39, 0.29) is 12.5 Å². The van der Waals surface area contributed by atoms with Crippen molar-refractivity contribution in [1.82, 2.24) is 4.90 Å². The minimum absolute atomic E-state index is 0.224. The molecule has 0 heterocycles. The van der Waals surface area contributed by atoms with Crippen molar-refractivity contribution in [1.29, 1.82) is 0 Å². The van der Waals surface area contributed by atoms with Crippen LogP contribution in [0.4, 0.5) is 0 Å². The minimum Gasteiger partial charge on any atom is -0.393 e. The lowest BCUT2D eigenvalue weighted by Crippen LogP contribution is -2.37. The number of likely N-dealkylation sites (N-methyl/N-ethyl adjacent to an activating group) is 1. The third kappa shape index (κ3) is 3.64. The number of ether oxygens (including phenoxy) is 1. The molecule has 0 aromatic heterocycles. The molecule has 1 aromatic carbocycles. The van der Waals surface area contributed by atoms with Gasteiger partial charge in [0.25, 0.3) is 5.91 Å². The van der Waals surface area contributed by atoms with E-state index in [1.807, 2.05) is 30.3 Å². The summed E-state index contributed by atoms with van der Waals surface area (Å²) in [6.45, 7) is 0.0233. The number of amides is 1. The molecule has 0 saturated carbocycles. The van der Waals surface area contributed by atoms with Crippen LogP contribution in [0.1, 0.15) is 5.56 Å². The van der Waals surface area contributed by atoms with Gasteiger partial charge in [-0.1, -0.05) is 30.3 Å². The molecule has 0 aliphatic carbocycles. The van der Waals surface area contributed by atoms with Crippen molar-refractivity contribution in [3.05, 3.63) is 35.9 Å². The maximum absolute atomic E-state index is 11.5. The Morgan fingerprint density at radius 3 is 2.50 bits per heavy atom. The molecule has 1 N–H and O–H groups in total. The molecule has 4 nitrogen and oxygen atoms in total. The van der Waals surface area contributed by atoms with Gasteiger partial charge in [-0.05, 0) is 5.56 Å². The van der Waals surface area contributed by atoms with Crippen molar-refractivity contribution < 1.29 is 14.6 Å². The molecule has 0 spiro atoms. The van der Waals surface area contributed by atoms with E-state index >= 15 is 0 Å². The molecule has 0 bridgehead atoms. The highest BCUT2D eigenvalue weighted by Gasteiger charge is 2.19. The van der Waals surface area contributed by atoms with Crippen molar-refractivity contribution in [3.63, 3.8) is 0 Å². The number of hydrogen-bond acceptors (Lipinski definition) is 3. The fraction of sp³-hybridized carbons (Fsp3) is 0.417. The number of nitrogens with zero attached hydrogens (tertiary/aromatic N) is 1. The summed E-state index contributed by atoms with van der Waals surface area (Å²) in [5.74, 6) is -0.224. The lowest BCUT2D eigenvalue weighted by Gasteiger charge is -2.19. The maximum Gasteiger partial charge on any atom is 0.253 e. The zero-order chi connectivity index (χ0) is 12.0. The Hall–Kier alpha value is -1.39. The van der Waals surface area contributed by atoms with E-state index in [0.29, 0.717) is 6.61 Å². The van der Waals surface area contributed by atoms with Crippen molar-refractivity contribution >= 4 is 5.91 Å². The molecule has 0 saturated heterocycles. The SMILES string of the molecule is CN(C)C(=O)C(CO)OCc1ccccc1. The summed E-state index contributed by atoms with van der Waals surface area (Å²) in [5, 5.41) is 9.05. The highest BCUT2D eigenvalue weighted by molar-refractivity contribution is 5.80. The Bertz CT molecular complexity index is 324. The topological polar surface area (TPSA) is 49.8 Å². The Morgan fingerprint density at radius 1 is 1.38 bits per heavy atom. The molecular formula is C12H17NO3. The summed E-state index contributed by atoms with van der Waals surface area (Å²) in [6.07, 6.45) is -0.782. The van der Waals surface area contributed by atoms with Gasteiger partial charge >= 0.3 is 0 Å². The Labute approximate surface area is 95.5 Å². The Kier molecular flexibility index (Phi) is 4.95. The minimum atomic E-state index is -0.782. The van der Waals surface area contributed by atoms with Gasteiger partial charge in [-0.15, -0.1) is 0 Å². The third-order valence-electron chi connectivity index (χ3n) is 2.18. The number of rotatable bonds is 5. The van der Waals surface area contributed by atoms with Crippen LogP contribution in [0.15, 0.2) is 30.3 Å². The van der Waals surface area contributed by atoms with E-state index in [1.54, 1.807) is 14.1 Å². The predicted octanol–water partition coefficient (Wildman–Crippen LogP) is 0.652. The lowest BCUT2D eigenvalue weighted by atomic mass is 10.2. The van der Waals surface area contributed by atoms with Crippen LogP contribution in [0.5, 0.6) is 0 Å². The first kappa shape index (κ1) is 12.7. The van der Waals surface area contributed by atoms with Crippen molar-refractivity contribution in [2.75, 3.05) is 20.7 Å². The number of carbonyl (C=O) groups excluding carboxylic acids is 1. The molecule has 16 heavy (non-hydrogen) atoms. The number of aliphatic hydroxyl groups excluding tert-OH is 1. The number of hydrogen-bond donors (Lipinski definition) is 1. The van der Waals surface area contributed by atoms with E-state index in [9.17, 15) is 4.79 Å². The quantitative estimate of drug-likeness (QED) is 0.797. The highest BCUT2D eigenvalue weighted by atomic mass is 16.5. The van der Waals surface area contributed by atoms with Gasteiger partial charge in [0.1, 0.15) is 0 Å². The first-order valence-corrected chi connectivity index (χ1v) is 5.12. The summed E-state index contributed by atoms with van der Waals surface area (Å²) >= 11 is 0. The van der Waals surface area contributed by atoms with E-state index < -0.39 is 6.10 Å². The van der Waals surface area contributed by atoms with Crippen molar-refractivity contribution in [3.8, 4) is 0 Å². The molecule has 4 heteroatoms. The molecular weight excluding hydrogens is 206 g/mol. The van der Waals surface area contributed by atoms with E-state index in [1.165, 1.54) is 4.90 Å². The highest BCUT2D eigenvalue weighted by Crippen LogP contribution is 2.04. The zero-order valence-corrected chi connectivity index (χ0v) is 9.59. The van der Waals surface area contributed by atoms with Gasteiger partial charge in [0.05, 0.1) is 13.2 Å². The second-order valence-electron chi connectivity index (χ2n) is 3.70. The van der Waals surface area contributed by atoms with Gasteiger partial charge in [0.2, 0.25) is 0 Å². The molecule has 1 amide bonds. The standard InChI is InChI=1S/C12H17NO3/c1-13(2)12(15)11(8-14)16-9-10-6-4-3-5-7-10/h3-7,11,14H,8-9H2,1-2H3. The molecule has 0 radical (unpaired) electrons. The summed E-state index contributed by atoms with van der Waals surface area (Å²) < 4.78 is 5.36. The van der Waals surface area contributed by atoms with Crippen LogP contribution >= 0.6 is 0 Å². The van der Waals surface area contributed by atoms with Crippen LogP contribution in [0, 0.1) is 0 Å². The Morgan fingerprint density at radius 2 is 2.00 bits per heavy atom. The van der Waals surface area contributed by atoms with Crippen LogP contribution in [-0.2, 0) is 16.1 Å². The van der Waals surface area contributed by atoms with E-state index in [0.717, 1.165) is 5.56 Å². The molecule has 1 rings (SSSR count). The summed E-state index contributed by atoms with van der Waals surface area (Å²) in [7, 11) is 3.27. The fourth-order valence-corrected chi connectivity index (χ4v) is 1.26. The molecule has 0 aliphatic rings. The number of carbonyl (C=O) groups is 1. The van der Waals surface area contributed by atoms with Gasteiger partial charge in [-0.3, -0.25) is 4.79 Å². The van der Waals surface area contributed by atoms with Crippen LogP contribution < -0.4 is 0 Å². The maximum atomic E-state index is 11.5. The number of benzene rings is 1. The molecule has 1 aromatic rings. The van der Waals surface area contributed by atoms with Crippen LogP contribution in [0.2, 0.25) is 0 Å². The molecule has 0 aliphatic heterocycles. The first-order valence-electron chi connectivity index (χ1n) is 5.12. The summed E-state index contributed by atoms with van der Waals surface area (Å²) in [4.78, 5) is 12.9. The largest absolute Gasteiger partial charge is 0.393 e. The number of aliphatic hydroxyl groups is 1. The van der Waals surface area contributed by atoms with Gasteiger partial charge < -0.3 is 14.7 Å². The second kappa shape index (κ2) is 6.25. The van der Waals surface area contributed by atoms with Gasteiger partial charge in [-0.2, -0.15) is 0 Å². The summed E-state index contributed by atoms with van der Waals surface area (Å²) in [6, 6.07) is 9.54. The molecule has 88 valence electrons. The van der Waals surface area contributed by atoms with Crippen LogP contribution in [0.3, 0.4) is 0 Å². The monoisotopic (exact) mass is 223 g/mol. The average Bonchev–Trinajstić information content (AvgIpc) is 2.30. The third-order valence-corrected chi connectivity index (χ3v) is 2.18. The second-order valence-corrected chi connectivity index (χ2v) is 3.70. The Balaban J connectivity index is 2.49. The average molecular weight is 223 g/mol. The fourth-order valence-electron chi connectivity index (χ4n) is 1.26. The smallest absolute Gasteiger partial charge is 0.253 e. The van der Waals surface area contributed by atoms with Gasteiger partial charge in [-0.25, -0.2) is 0 Å². The van der Waals surface area contributed by atoms with Crippen LogP contribution in [-0.4, -0.2) is 42.7 Å².